The molecule has 0 aliphatic carbocycles. The minimum atomic E-state index is -0.717. The summed E-state index contributed by atoms with van der Waals surface area (Å²) in [4.78, 5) is 35.3. The van der Waals surface area contributed by atoms with Crippen molar-refractivity contribution in [3.05, 3.63) is 53.1 Å². The van der Waals surface area contributed by atoms with Crippen molar-refractivity contribution in [3.63, 3.8) is 0 Å². The number of rotatable bonds is 6. The van der Waals surface area contributed by atoms with Gasteiger partial charge in [0.1, 0.15) is 5.75 Å². The number of fused-ring (bicyclic) bond motifs is 1. The third kappa shape index (κ3) is 5.27. The molecule has 0 aromatic heterocycles. The van der Waals surface area contributed by atoms with Gasteiger partial charge in [-0.3, -0.25) is 20.4 Å². The highest BCUT2D eigenvalue weighted by atomic mass is 35.5. The van der Waals surface area contributed by atoms with Crippen LogP contribution in [0.5, 0.6) is 17.2 Å². The Kier molecular flexibility index (Phi) is 6.18. The van der Waals surface area contributed by atoms with E-state index < -0.39 is 24.4 Å². The third-order valence-electron chi connectivity index (χ3n) is 3.47. The van der Waals surface area contributed by atoms with Crippen LogP contribution in [0.15, 0.2) is 42.5 Å². The van der Waals surface area contributed by atoms with Gasteiger partial charge in [0.2, 0.25) is 6.79 Å². The molecule has 0 unspecified atom stereocenters. The van der Waals surface area contributed by atoms with Gasteiger partial charge in [-0.05, 0) is 42.5 Å². The first-order chi connectivity index (χ1) is 13.5. The van der Waals surface area contributed by atoms with Crippen LogP contribution < -0.4 is 25.1 Å². The molecule has 1 aliphatic rings. The fraction of sp³-hybridized carbons (Fsp3) is 0.167. The molecule has 0 bridgehead atoms. The minimum absolute atomic E-state index is 0.0810. The molecule has 0 radical (unpaired) electrons. The second-order valence-electron chi connectivity index (χ2n) is 5.48. The van der Waals surface area contributed by atoms with Gasteiger partial charge in [-0.1, -0.05) is 11.6 Å². The Morgan fingerprint density at radius 2 is 1.61 bits per heavy atom. The standard InChI is InChI=1S/C18H15ClN2O7/c19-12-2-4-13(5-3-12)25-8-16(22)20-21-17(23)9-26-18(24)11-1-6-14-15(7-11)28-10-27-14/h1-7H,8-10H2,(H,20,22)(H,21,23). The molecule has 0 atom stereocenters. The second-order valence-corrected chi connectivity index (χ2v) is 5.92. The summed E-state index contributed by atoms with van der Waals surface area (Å²) in [6, 6.07) is 11.0. The zero-order valence-electron chi connectivity index (χ0n) is 14.4. The van der Waals surface area contributed by atoms with E-state index in [4.69, 9.17) is 30.5 Å². The first-order valence-corrected chi connectivity index (χ1v) is 8.42. The largest absolute Gasteiger partial charge is 0.484 e. The Morgan fingerprint density at radius 1 is 0.929 bits per heavy atom. The van der Waals surface area contributed by atoms with Crippen LogP contribution in [0.3, 0.4) is 0 Å². The Morgan fingerprint density at radius 3 is 2.36 bits per heavy atom. The summed E-state index contributed by atoms with van der Waals surface area (Å²) in [6.07, 6.45) is 0. The van der Waals surface area contributed by atoms with Gasteiger partial charge in [-0.2, -0.15) is 0 Å². The van der Waals surface area contributed by atoms with Crippen LogP contribution in [0.1, 0.15) is 10.4 Å². The molecule has 10 heteroatoms. The lowest BCUT2D eigenvalue weighted by molar-refractivity contribution is -0.131. The minimum Gasteiger partial charge on any atom is -0.484 e. The topological polar surface area (TPSA) is 112 Å². The molecule has 3 rings (SSSR count). The SMILES string of the molecule is O=C(COC(=O)c1ccc2c(c1)OCO2)NNC(=O)COc1ccc(Cl)cc1. The van der Waals surface area contributed by atoms with Crippen molar-refractivity contribution in [2.24, 2.45) is 0 Å². The summed E-state index contributed by atoms with van der Waals surface area (Å²) in [5.74, 6) is -0.626. The van der Waals surface area contributed by atoms with Crippen molar-refractivity contribution in [1.29, 1.82) is 0 Å². The van der Waals surface area contributed by atoms with Crippen LogP contribution in [0.2, 0.25) is 5.02 Å². The monoisotopic (exact) mass is 406 g/mol. The Bertz CT molecular complexity index is 886. The lowest BCUT2D eigenvalue weighted by atomic mass is 10.2. The van der Waals surface area contributed by atoms with Crippen LogP contribution in [0.4, 0.5) is 0 Å². The summed E-state index contributed by atoms with van der Waals surface area (Å²) in [5, 5.41) is 0.541. The van der Waals surface area contributed by atoms with Crippen molar-refractivity contribution in [3.8, 4) is 17.2 Å². The molecule has 2 aromatic carbocycles. The van der Waals surface area contributed by atoms with Crippen molar-refractivity contribution < 1.29 is 33.3 Å². The van der Waals surface area contributed by atoms with E-state index in [1.807, 2.05) is 0 Å². The lowest BCUT2D eigenvalue weighted by Crippen LogP contribution is -2.45. The summed E-state index contributed by atoms with van der Waals surface area (Å²) in [5.41, 5.74) is 4.46. The van der Waals surface area contributed by atoms with E-state index in [0.717, 1.165) is 0 Å². The van der Waals surface area contributed by atoms with Gasteiger partial charge >= 0.3 is 5.97 Å². The summed E-state index contributed by atoms with van der Waals surface area (Å²) >= 11 is 5.74. The number of ether oxygens (including phenoxy) is 4. The van der Waals surface area contributed by atoms with Crippen LogP contribution >= 0.6 is 11.6 Å². The van der Waals surface area contributed by atoms with Gasteiger partial charge in [0.25, 0.3) is 11.8 Å². The van der Waals surface area contributed by atoms with Gasteiger partial charge in [-0.25, -0.2) is 4.79 Å². The molecule has 146 valence electrons. The van der Waals surface area contributed by atoms with Gasteiger partial charge in [0.15, 0.2) is 24.7 Å². The highest BCUT2D eigenvalue weighted by Crippen LogP contribution is 2.32. The number of hydrogen-bond acceptors (Lipinski definition) is 7. The molecule has 0 spiro atoms. The molecule has 2 N–H and O–H groups in total. The molecule has 2 aromatic rings. The molecule has 9 nitrogen and oxygen atoms in total. The molecule has 0 saturated heterocycles. The highest BCUT2D eigenvalue weighted by molar-refractivity contribution is 6.30. The molecule has 0 saturated carbocycles. The van der Waals surface area contributed by atoms with Crippen molar-refractivity contribution >= 4 is 29.4 Å². The van der Waals surface area contributed by atoms with E-state index in [2.05, 4.69) is 10.9 Å². The molecular formula is C18H15ClN2O7. The van der Waals surface area contributed by atoms with E-state index >= 15 is 0 Å². The van der Waals surface area contributed by atoms with E-state index in [-0.39, 0.29) is 19.0 Å². The quantitative estimate of drug-likeness (QED) is 0.551. The molecule has 1 heterocycles. The average Bonchev–Trinajstić information content (AvgIpc) is 3.17. The van der Waals surface area contributed by atoms with Crippen LogP contribution in [0, 0.1) is 0 Å². The number of amides is 2. The van der Waals surface area contributed by atoms with E-state index in [9.17, 15) is 14.4 Å². The number of benzene rings is 2. The predicted octanol–water partition coefficient (Wildman–Crippen LogP) is 1.45. The van der Waals surface area contributed by atoms with Gasteiger partial charge < -0.3 is 18.9 Å². The number of nitrogens with one attached hydrogen (secondary N) is 2. The molecule has 2 amide bonds. The van der Waals surface area contributed by atoms with Crippen molar-refractivity contribution in [2.75, 3.05) is 20.0 Å². The maximum Gasteiger partial charge on any atom is 0.338 e. The molecule has 28 heavy (non-hydrogen) atoms. The van der Waals surface area contributed by atoms with Crippen molar-refractivity contribution in [1.82, 2.24) is 10.9 Å². The lowest BCUT2D eigenvalue weighted by Gasteiger charge is -2.09. The normalized spacial score (nSPS) is 11.5. The van der Waals surface area contributed by atoms with Crippen LogP contribution in [-0.4, -0.2) is 37.8 Å². The number of esters is 1. The molecular weight excluding hydrogens is 392 g/mol. The number of halogens is 1. The fourth-order valence-corrected chi connectivity index (χ4v) is 2.26. The maximum atomic E-state index is 12.0. The Balaban J connectivity index is 1.36. The number of carbonyl (C=O) groups is 3. The molecule has 0 fully saturated rings. The molecule has 1 aliphatic heterocycles. The summed E-state index contributed by atoms with van der Waals surface area (Å²) < 4.78 is 20.4. The zero-order valence-corrected chi connectivity index (χ0v) is 15.2. The number of hydrogen-bond donors (Lipinski definition) is 2. The summed E-state index contributed by atoms with van der Waals surface area (Å²) in [6.45, 7) is -0.817. The Labute approximate surface area is 164 Å². The summed E-state index contributed by atoms with van der Waals surface area (Å²) in [7, 11) is 0. The van der Waals surface area contributed by atoms with E-state index in [1.54, 1.807) is 30.3 Å². The maximum absolute atomic E-state index is 12.0. The van der Waals surface area contributed by atoms with Gasteiger partial charge in [0.05, 0.1) is 5.56 Å². The first-order valence-electron chi connectivity index (χ1n) is 8.04. The van der Waals surface area contributed by atoms with Crippen molar-refractivity contribution in [2.45, 2.75) is 0 Å². The van der Waals surface area contributed by atoms with Crippen LogP contribution in [-0.2, 0) is 14.3 Å². The highest BCUT2D eigenvalue weighted by Gasteiger charge is 2.17. The van der Waals surface area contributed by atoms with Gasteiger partial charge in [-0.15, -0.1) is 0 Å². The van der Waals surface area contributed by atoms with Crippen LogP contribution in [0.25, 0.3) is 0 Å². The zero-order chi connectivity index (χ0) is 19.9. The first kappa shape index (κ1) is 19.3. The Hall–Kier alpha value is -3.46. The van der Waals surface area contributed by atoms with E-state index in [0.29, 0.717) is 22.3 Å². The smallest absolute Gasteiger partial charge is 0.338 e. The predicted molar refractivity (Wildman–Crippen MR) is 96.1 cm³/mol. The van der Waals surface area contributed by atoms with Gasteiger partial charge in [0, 0.05) is 5.02 Å². The fourth-order valence-electron chi connectivity index (χ4n) is 2.13. The number of carbonyl (C=O) groups excluding carboxylic acids is 3. The average molecular weight is 407 g/mol. The second kappa shape index (κ2) is 8.96. The third-order valence-corrected chi connectivity index (χ3v) is 3.72. The number of hydrazine groups is 1. The van der Waals surface area contributed by atoms with E-state index in [1.165, 1.54) is 12.1 Å².